The van der Waals surface area contributed by atoms with Gasteiger partial charge in [-0.3, -0.25) is 0 Å². The Morgan fingerprint density at radius 2 is 2.00 bits per heavy atom. The molecular weight excluding hydrogens is 155 g/mol. The van der Waals surface area contributed by atoms with Gasteiger partial charge in [-0.2, -0.15) is 0 Å². The van der Waals surface area contributed by atoms with Crippen LogP contribution in [-0.4, -0.2) is 19.0 Å². The van der Waals surface area contributed by atoms with Gasteiger partial charge in [-0.1, -0.05) is 19.8 Å². The second-order valence-corrected chi connectivity index (χ2v) is 7.46. The normalized spacial score (nSPS) is 23.1. The van der Waals surface area contributed by atoms with Crippen molar-refractivity contribution in [2.45, 2.75) is 32.6 Å². The Labute approximate surface area is 69.9 Å². The van der Waals surface area contributed by atoms with Crippen molar-refractivity contribution in [1.29, 1.82) is 0 Å². The summed E-state index contributed by atoms with van der Waals surface area (Å²) in [6.07, 6.45) is 7.07. The van der Waals surface area contributed by atoms with Crippen molar-refractivity contribution in [3.8, 4) is 0 Å². The molecule has 0 amide bonds. The van der Waals surface area contributed by atoms with Gasteiger partial charge in [0.25, 0.3) is 0 Å². The molecule has 1 saturated carbocycles. The lowest BCUT2D eigenvalue weighted by Gasteiger charge is -2.10. The Bertz CT molecular complexity index is 161. The van der Waals surface area contributed by atoms with Crippen LogP contribution in [0.1, 0.15) is 32.6 Å². The number of hydrogen-bond donors (Lipinski definition) is 0. The maximum Gasteiger partial charge on any atom is 0.0848 e. The maximum absolute atomic E-state index is 11.7. The summed E-state index contributed by atoms with van der Waals surface area (Å²) in [6, 6.07) is 0. The smallest absolute Gasteiger partial charge is 0.0848 e. The molecule has 0 aromatic carbocycles. The van der Waals surface area contributed by atoms with Crippen molar-refractivity contribution in [1.82, 2.24) is 0 Å². The SMILES string of the molecule is CCCP(C)(=O)CCC1CC1. The highest BCUT2D eigenvalue weighted by Gasteiger charge is 2.24. The fourth-order valence-corrected chi connectivity index (χ4v) is 3.53. The monoisotopic (exact) mass is 174 g/mol. The van der Waals surface area contributed by atoms with Gasteiger partial charge in [-0.15, -0.1) is 0 Å². The molecule has 1 unspecified atom stereocenters. The van der Waals surface area contributed by atoms with E-state index in [9.17, 15) is 4.57 Å². The molecule has 0 aromatic heterocycles. The Balaban J connectivity index is 2.15. The lowest BCUT2D eigenvalue weighted by atomic mass is 10.3. The fourth-order valence-electron chi connectivity index (χ4n) is 1.45. The van der Waals surface area contributed by atoms with Crippen molar-refractivity contribution in [2.24, 2.45) is 5.92 Å². The topological polar surface area (TPSA) is 17.1 Å². The number of rotatable bonds is 5. The van der Waals surface area contributed by atoms with Gasteiger partial charge in [0.1, 0.15) is 0 Å². The van der Waals surface area contributed by atoms with Crippen LogP contribution in [-0.2, 0) is 4.57 Å². The van der Waals surface area contributed by atoms with Gasteiger partial charge in [0.15, 0.2) is 0 Å². The van der Waals surface area contributed by atoms with Crippen LogP contribution < -0.4 is 0 Å². The molecule has 1 atom stereocenters. The van der Waals surface area contributed by atoms with Crippen molar-refractivity contribution in [3.63, 3.8) is 0 Å². The van der Waals surface area contributed by atoms with Crippen LogP contribution in [0.2, 0.25) is 0 Å². The van der Waals surface area contributed by atoms with Crippen LogP contribution in [0.15, 0.2) is 0 Å². The summed E-state index contributed by atoms with van der Waals surface area (Å²) in [7, 11) is -1.71. The summed E-state index contributed by atoms with van der Waals surface area (Å²) < 4.78 is 11.7. The van der Waals surface area contributed by atoms with Gasteiger partial charge in [-0.25, -0.2) is 0 Å². The Morgan fingerprint density at radius 3 is 2.45 bits per heavy atom. The molecule has 11 heavy (non-hydrogen) atoms. The van der Waals surface area contributed by atoms with Gasteiger partial charge < -0.3 is 4.57 Å². The van der Waals surface area contributed by atoms with Gasteiger partial charge in [0, 0.05) is 12.3 Å². The molecule has 1 rings (SSSR count). The zero-order valence-electron chi connectivity index (χ0n) is 7.68. The lowest BCUT2D eigenvalue weighted by molar-refractivity contribution is 0.574. The van der Waals surface area contributed by atoms with Crippen LogP contribution in [0.25, 0.3) is 0 Å². The van der Waals surface area contributed by atoms with Crippen molar-refractivity contribution >= 4 is 7.14 Å². The molecule has 0 bridgehead atoms. The van der Waals surface area contributed by atoms with Crippen LogP contribution in [0.3, 0.4) is 0 Å². The first-order valence-electron chi connectivity index (χ1n) is 4.69. The first kappa shape index (κ1) is 9.32. The van der Waals surface area contributed by atoms with Gasteiger partial charge in [0.2, 0.25) is 0 Å². The molecule has 0 aromatic rings. The minimum Gasteiger partial charge on any atom is -0.324 e. The molecule has 0 radical (unpaired) electrons. The number of hydrogen-bond acceptors (Lipinski definition) is 1. The van der Waals surface area contributed by atoms with Gasteiger partial charge >= 0.3 is 0 Å². The summed E-state index contributed by atoms with van der Waals surface area (Å²) in [6.45, 7) is 4.09. The average molecular weight is 174 g/mol. The first-order valence-corrected chi connectivity index (χ1v) is 7.22. The Morgan fingerprint density at radius 1 is 1.36 bits per heavy atom. The molecule has 1 nitrogen and oxygen atoms in total. The molecule has 0 saturated heterocycles. The molecule has 1 aliphatic carbocycles. The highest BCUT2D eigenvalue weighted by Crippen LogP contribution is 2.46. The lowest BCUT2D eigenvalue weighted by Crippen LogP contribution is -1.93. The molecule has 0 N–H and O–H groups in total. The van der Waals surface area contributed by atoms with E-state index in [-0.39, 0.29) is 0 Å². The van der Waals surface area contributed by atoms with Crippen LogP contribution >= 0.6 is 7.14 Å². The molecule has 66 valence electrons. The predicted molar refractivity (Wildman–Crippen MR) is 50.9 cm³/mol. The zero-order valence-corrected chi connectivity index (χ0v) is 8.57. The van der Waals surface area contributed by atoms with E-state index in [1.54, 1.807) is 0 Å². The molecule has 1 fully saturated rings. The van der Waals surface area contributed by atoms with Gasteiger partial charge in [0.05, 0.1) is 7.14 Å². The fraction of sp³-hybridized carbons (Fsp3) is 1.00. The van der Waals surface area contributed by atoms with E-state index in [4.69, 9.17) is 0 Å². The minimum atomic E-state index is -1.71. The quantitative estimate of drug-likeness (QED) is 0.585. The zero-order chi connectivity index (χ0) is 8.32. The van der Waals surface area contributed by atoms with E-state index in [2.05, 4.69) is 6.92 Å². The Kier molecular flexibility index (Phi) is 3.18. The molecule has 0 spiro atoms. The van der Waals surface area contributed by atoms with E-state index in [1.165, 1.54) is 19.3 Å². The van der Waals surface area contributed by atoms with E-state index >= 15 is 0 Å². The van der Waals surface area contributed by atoms with Crippen LogP contribution in [0.4, 0.5) is 0 Å². The Hall–Kier alpha value is 0.230. The van der Waals surface area contributed by atoms with E-state index < -0.39 is 7.14 Å². The first-order chi connectivity index (χ1) is 5.14. The third-order valence-corrected chi connectivity index (χ3v) is 5.00. The van der Waals surface area contributed by atoms with Crippen molar-refractivity contribution in [2.75, 3.05) is 19.0 Å². The summed E-state index contributed by atoms with van der Waals surface area (Å²) in [5, 5.41) is 0. The highest BCUT2D eigenvalue weighted by atomic mass is 31.2. The summed E-state index contributed by atoms with van der Waals surface area (Å²) in [5.74, 6) is 0.945. The predicted octanol–water partition coefficient (Wildman–Crippen LogP) is 3.19. The minimum absolute atomic E-state index is 0.945. The summed E-state index contributed by atoms with van der Waals surface area (Å²) in [5.41, 5.74) is 0. The van der Waals surface area contributed by atoms with Crippen LogP contribution in [0, 0.1) is 5.92 Å². The second-order valence-electron chi connectivity index (χ2n) is 3.98. The summed E-state index contributed by atoms with van der Waals surface area (Å²) >= 11 is 0. The van der Waals surface area contributed by atoms with Crippen LogP contribution in [0.5, 0.6) is 0 Å². The summed E-state index contributed by atoms with van der Waals surface area (Å²) in [4.78, 5) is 0. The largest absolute Gasteiger partial charge is 0.324 e. The molecule has 2 heteroatoms. The van der Waals surface area contributed by atoms with E-state index in [1.807, 2.05) is 6.66 Å². The van der Waals surface area contributed by atoms with E-state index in [0.717, 1.165) is 24.7 Å². The molecule has 0 aliphatic heterocycles. The average Bonchev–Trinajstić information content (AvgIpc) is 2.65. The maximum atomic E-state index is 11.7. The van der Waals surface area contributed by atoms with Crippen molar-refractivity contribution < 1.29 is 4.57 Å². The molecular formula is C9H19OP. The standard InChI is InChI=1S/C9H19OP/c1-3-7-11(2,10)8-6-9-4-5-9/h9H,3-8H2,1-2H3. The molecule has 1 aliphatic rings. The van der Waals surface area contributed by atoms with Gasteiger partial charge in [-0.05, 0) is 25.4 Å². The molecule has 0 heterocycles. The third-order valence-electron chi connectivity index (χ3n) is 2.40. The third kappa shape index (κ3) is 3.96. The van der Waals surface area contributed by atoms with Crippen molar-refractivity contribution in [3.05, 3.63) is 0 Å². The second kappa shape index (κ2) is 3.76. The highest BCUT2D eigenvalue weighted by molar-refractivity contribution is 7.63. The van der Waals surface area contributed by atoms with E-state index in [0.29, 0.717) is 0 Å².